The van der Waals surface area contributed by atoms with Gasteiger partial charge in [-0.3, -0.25) is 9.59 Å². The van der Waals surface area contributed by atoms with E-state index in [-0.39, 0.29) is 23.8 Å². The fraction of sp³-hybridized carbons (Fsp3) is 0.471. The summed E-state index contributed by atoms with van der Waals surface area (Å²) in [6.45, 7) is 2.02. The van der Waals surface area contributed by atoms with Gasteiger partial charge in [0.15, 0.2) is 0 Å². The summed E-state index contributed by atoms with van der Waals surface area (Å²) in [6.07, 6.45) is 3.20. The third-order valence-corrected chi connectivity index (χ3v) is 4.27. The predicted molar refractivity (Wildman–Crippen MR) is 85.7 cm³/mol. The highest BCUT2D eigenvalue weighted by Gasteiger charge is 2.37. The molecule has 1 saturated heterocycles. The van der Waals surface area contributed by atoms with Crippen molar-refractivity contribution in [3.05, 3.63) is 35.4 Å². The summed E-state index contributed by atoms with van der Waals surface area (Å²) in [6, 6.07) is 6.76. The maximum Gasteiger partial charge on any atom is 0.251 e. The lowest BCUT2D eigenvalue weighted by Crippen LogP contribution is -2.54. The van der Waals surface area contributed by atoms with Crippen molar-refractivity contribution in [1.82, 2.24) is 10.2 Å². The summed E-state index contributed by atoms with van der Waals surface area (Å²) < 4.78 is 5.46. The van der Waals surface area contributed by atoms with Crippen molar-refractivity contribution in [2.45, 2.75) is 18.9 Å². The second kappa shape index (κ2) is 6.91. The smallest absolute Gasteiger partial charge is 0.251 e. The third kappa shape index (κ3) is 3.76. The molecular weight excluding hydrogens is 294 g/mol. The molecule has 0 bridgehead atoms. The summed E-state index contributed by atoms with van der Waals surface area (Å²) in [5, 5.41) is 10.0. The highest BCUT2D eigenvalue weighted by atomic mass is 16.5. The van der Waals surface area contributed by atoms with E-state index in [0.717, 1.165) is 18.4 Å². The van der Waals surface area contributed by atoms with Gasteiger partial charge in [0.05, 0.1) is 19.3 Å². The van der Waals surface area contributed by atoms with Gasteiger partial charge in [-0.1, -0.05) is 12.1 Å². The molecule has 1 heterocycles. The normalized spacial score (nSPS) is 20.9. The molecule has 2 N–H and O–H groups in total. The maximum atomic E-state index is 12.3. The lowest BCUT2D eigenvalue weighted by Gasteiger charge is -2.35. The van der Waals surface area contributed by atoms with Crippen LogP contribution in [0.1, 0.15) is 28.8 Å². The Balaban J connectivity index is 1.57. The molecule has 6 heteroatoms. The third-order valence-electron chi connectivity index (χ3n) is 4.27. The van der Waals surface area contributed by atoms with Crippen LogP contribution in [-0.4, -0.2) is 55.3 Å². The molecule has 1 aromatic carbocycles. The molecule has 0 spiro atoms. The quantitative estimate of drug-likeness (QED) is 0.797. The predicted octanol–water partition coefficient (Wildman–Crippen LogP) is 1.05. The summed E-state index contributed by atoms with van der Waals surface area (Å²) in [5.74, 6) is 0.203. The number of hydrogen-bond donors (Lipinski definition) is 2. The first kappa shape index (κ1) is 15.7. The van der Waals surface area contributed by atoms with Crippen molar-refractivity contribution in [2.24, 2.45) is 5.92 Å². The van der Waals surface area contributed by atoms with E-state index >= 15 is 0 Å². The van der Waals surface area contributed by atoms with Crippen LogP contribution in [0.5, 0.6) is 0 Å². The van der Waals surface area contributed by atoms with Crippen LogP contribution in [0, 0.1) is 11.3 Å². The van der Waals surface area contributed by atoms with Crippen LogP contribution in [-0.2, 0) is 9.53 Å². The van der Waals surface area contributed by atoms with Gasteiger partial charge in [-0.15, -0.1) is 0 Å². The van der Waals surface area contributed by atoms with E-state index in [9.17, 15) is 9.59 Å². The summed E-state index contributed by atoms with van der Waals surface area (Å²) in [5.41, 5.74) is 1.30. The van der Waals surface area contributed by atoms with Gasteiger partial charge in [0.2, 0.25) is 5.91 Å². The van der Waals surface area contributed by atoms with E-state index in [1.54, 1.807) is 24.3 Å². The molecule has 122 valence electrons. The van der Waals surface area contributed by atoms with Crippen LogP contribution in [0.25, 0.3) is 0 Å². The molecule has 2 amide bonds. The van der Waals surface area contributed by atoms with E-state index in [2.05, 4.69) is 5.32 Å². The Labute approximate surface area is 135 Å². The first-order chi connectivity index (χ1) is 11.2. The molecule has 0 radical (unpaired) electrons. The number of nitrogens with one attached hydrogen (secondary N) is 2. The molecule has 1 atom stereocenters. The first-order valence-corrected chi connectivity index (χ1v) is 7.96. The fourth-order valence-electron chi connectivity index (χ4n) is 2.72. The number of rotatable bonds is 5. The zero-order valence-corrected chi connectivity index (χ0v) is 13.0. The molecule has 0 aromatic heterocycles. The second-order valence-electron chi connectivity index (χ2n) is 6.01. The Morgan fingerprint density at radius 1 is 1.30 bits per heavy atom. The van der Waals surface area contributed by atoms with Gasteiger partial charge in [0.25, 0.3) is 5.91 Å². The maximum absolute atomic E-state index is 12.3. The SMILES string of the molecule is N=Cc1ccc(C(=O)NCC2COCCN2C(=O)C2CC2)cc1. The Kier molecular flexibility index (Phi) is 4.71. The summed E-state index contributed by atoms with van der Waals surface area (Å²) in [7, 11) is 0. The molecule has 6 nitrogen and oxygen atoms in total. The Hall–Kier alpha value is -2.21. The van der Waals surface area contributed by atoms with Crippen molar-refractivity contribution in [3.8, 4) is 0 Å². The van der Waals surface area contributed by atoms with Crippen molar-refractivity contribution >= 4 is 18.0 Å². The minimum Gasteiger partial charge on any atom is -0.377 e. The number of hydrogen-bond acceptors (Lipinski definition) is 4. The van der Waals surface area contributed by atoms with Gasteiger partial charge in [0.1, 0.15) is 0 Å². The lowest BCUT2D eigenvalue weighted by atomic mass is 10.1. The Bertz CT molecular complexity index is 596. The van der Waals surface area contributed by atoms with Gasteiger partial charge < -0.3 is 20.4 Å². The van der Waals surface area contributed by atoms with Crippen molar-refractivity contribution in [1.29, 1.82) is 5.41 Å². The highest BCUT2D eigenvalue weighted by Crippen LogP contribution is 2.32. The molecule has 1 aliphatic heterocycles. The van der Waals surface area contributed by atoms with Gasteiger partial charge in [0, 0.05) is 30.8 Å². The van der Waals surface area contributed by atoms with Gasteiger partial charge in [-0.05, 0) is 30.5 Å². The second-order valence-corrected chi connectivity index (χ2v) is 6.01. The van der Waals surface area contributed by atoms with E-state index in [0.29, 0.717) is 31.9 Å². The lowest BCUT2D eigenvalue weighted by molar-refractivity contribution is -0.141. The molecule has 3 rings (SSSR count). The van der Waals surface area contributed by atoms with Crippen molar-refractivity contribution in [2.75, 3.05) is 26.3 Å². The Morgan fingerprint density at radius 2 is 2.04 bits per heavy atom. The number of morpholine rings is 1. The standard InChI is InChI=1S/C17H21N3O3/c18-9-12-1-3-13(4-2-12)16(21)19-10-15-11-23-8-7-20(15)17(22)14-5-6-14/h1-4,9,14-15,18H,5-8,10-11H2,(H,19,21). The molecule has 1 aromatic rings. The summed E-state index contributed by atoms with van der Waals surface area (Å²) in [4.78, 5) is 26.4. The van der Waals surface area contributed by atoms with E-state index < -0.39 is 0 Å². The number of benzene rings is 1. The molecule has 1 aliphatic carbocycles. The van der Waals surface area contributed by atoms with Gasteiger partial charge >= 0.3 is 0 Å². The number of ether oxygens (including phenoxy) is 1. The number of amides is 2. The number of carbonyl (C=O) groups excluding carboxylic acids is 2. The first-order valence-electron chi connectivity index (χ1n) is 7.96. The zero-order chi connectivity index (χ0) is 16.2. The summed E-state index contributed by atoms with van der Waals surface area (Å²) >= 11 is 0. The molecular formula is C17H21N3O3. The van der Waals surface area contributed by atoms with Crippen LogP contribution >= 0.6 is 0 Å². The van der Waals surface area contributed by atoms with E-state index in [1.807, 2.05) is 4.90 Å². The minimum atomic E-state index is -0.175. The monoisotopic (exact) mass is 315 g/mol. The van der Waals surface area contributed by atoms with Crippen LogP contribution in [0.15, 0.2) is 24.3 Å². The molecule has 2 fully saturated rings. The fourth-order valence-corrected chi connectivity index (χ4v) is 2.72. The average molecular weight is 315 g/mol. The average Bonchev–Trinajstić information content (AvgIpc) is 3.44. The number of carbonyl (C=O) groups is 2. The molecule has 1 saturated carbocycles. The van der Waals surface area contributed by atoms with Crippen LogP contribution in [0.3, 0.4) is 0 Å². The minimum absolute atomic E-state index is 0.0957. The molecule has 23 heavy (non-hydrogen) atoms. The largest absolute Gasteiger partial charge is 0.377 e. The van der Waals surface area contributed by atoms with E-state index in [4.69, 9.17) is 10.1 Å². The van der Waals surface area contributed by atoms with Crippen molar-refractivity contribution in [3.63, 3.8) is 0 Å². The molecule has 1 unspecified atom stereocenters. The van der Waals surface area contributed by atoms with Crippen LogP contribution < -0.4 is 5.32 Å². The van der Waals surface area contributed by atoms with Crippen molar-refractivity contribution < 1.29 is 14.3 Å². The van der Waals surface area contributed by atoms with E-state index in [1.165, 1.54) is 6.21 Å². The van der Waals surface area contributed by atoms with Crippen LogP contribution in [0.2, 0.25) is 0 Å². The van der Waals surface area contributed by atoms with Crippen LogP contribution in [0.4, 0.5) is 0 Å². The zero-order valence-electron chi connectivity index (χ0n) is 13.0. The topological polar surface area (TPSA) is 82.5 Å². The van der Waals surface area contributed by atoms with Gasteiger partial charge in [-0.25, -0.2) is 0 Å². The number of nitrogens with zero attached hydrogens (tertiary/aromatic N) is 1. The molecule has 2 aliphatic rings. The van der Waals surface area contributed by atoms with Gasteiger partial charge in [-0.2, -0.15) is 0 Å². The Morgan fingerprint density at radius 3 is 2.70 bits per heavy atom. The highest BCUT2D eigenvalue weighted by molar-refractivity contribution is 5.95.